The van der Waals surface area contributed by atoms with Crippen LogP contribution in [-0.4, -0.2) is 18.1 Å². The quantitative estimate of drug-likeness (QED) is 0.881. The van der Waals surface area contributed by atoms with Gasteiger partial charge in [-0.2, -0.15) is 0 Å². The minimum atomic E-state index is 0.622. The molecule has 1 aromatic heterocycles. The first kappa shape index (κ1) is 15.0. The summed E-state index contributed by atoms with van der Waals surface area (Å²) in [5.41, 5.74) is 9.20. The largest absolute Gasteiger partial charge is 0.493 e. The molecule has 3 nitrogen and oxygen atoms in total. The zero-order valence-corrected chi connectivity index (χ0v) is 13.2. The molecule has 0 radical (unpaired) electrons. The monoisotopic (exact) mass is 334 g/mol. The predicted octanol–water partition coefficient (Wildman–Crippen LogP) is 3.28. The second-order valence-corrected chi connectivity index (χ2v) is 5.62. The number of ether oxygens (including phenoxy) is 1. The van der Waals surface area contributed by atoms with Gasteiger partial charge in [0.25, 0.3) is 0 Å². The topological polar surface area (TPSA) is 48.1 Å². The van der Waals surface area contributed by atoms with Crippen LogP contribution in [0, 0.1) is 6.92 Å². The van der Waals surface area contributed by atoms with Gasteiger partial charge in [-0.15, -0.1) is 0 Å². The molecule has 106 valence electrons. The molecule has 0 saturated carbocycles. The molecular weight excluding hydrogens is 316 g/mol. The molecule has 0 amide bonds. The third-order valence-electron chi connectivity index (χ3n) is 3.12. The second-order valence-electron chi connectivity index (χ2n) is 4.70. The van der Waals surface area contributed by atoms with Crippen molar-refractivity contribution >= 4 is 15.9 Å². The summed E-state index contributed by atoms with van der Waals surface area (Å²) in [5.74, 6) is 0.965. The molecule has 2 rings (SSSR count). The van der Waals surface area contributed by atoms with Crippen molar-refractivity contribution in [3.05, 3.63) is 57.8 Å². The Hall–Kier alpha value is -1.39. The summed E-state index contributed by atoms with van der Waals surface area (Å²) in [4.78, 5) is 4.01. The molecule has 0 fully saturated rings. The molecule has 0 saturated heterocycles. The summed E-state index contributed by atoms with van der Waals surface area (Å²) >= 11 is 3.52. The number of rotatable bonds is 6. The Kier molecular flexibility index (Phi) is 5.56. The van der Waals surface area contributed by atoms with E-state index in [9.17, 15) is 0 Å². The number of pyridine rings is 1. The van der Waals surface area contributed by atoms with Crippen molar-refractivity contribution in [2.24, 2.45) is 5.73 Å². The van der Waals surface area contributed by atoms with Crippen LogP contribution >= 0.6 is 15.9 Å². The Balaban J connectivity index is 2.05. The van der Waals surface area contributed by atoms with Gasteiger partial charge in [0.1, 0.15) is 5.75 Å². The molecule has 0 bridgehead atoms. The van der Waals surface area contributed by atoms with Crippen LogP contribution in [0.2, 0.25) is 0 Å². The van der Waals surface area contributed by atoms with E-state index >= 15 is 0 Å². The Morgan fingerprint density at radius 2 is 1.95 bits per heavy atom. The molecule has 4 heteroatoms. The lowest BCUT2D eigenvalue weighted by atomic mass is 10.1. The van der Waals surface area contributed by atoms with Crippen LogP contribution in [0.3, 0.4) is 0 Å². The molecule has 2 aromatic rings. The van der Waals surface area contributed by atoms with Crippen molar-refractivity contribution in [2.45, 2.75) is 19.8 Å². The first-order chi connectivity index (χ1) is 9.70. The van der Waals surface area contributed by atoms with E-state index in [2.05, 4.69) is 40.0 Å². The van der Waals surface area contributed by atoms with Crippen molar-refractivity contribution < 1.29 is 4.74 Å². The van der Waals surface area contributed by atoms with Gasteiger partial charge in [-0.1, -0.05) is 15.9 Å². The fourth-order valence-corrected chi connectivity index (χ4v) is 2.79. The van der Waals surface area contributed by atoms with Gasteiger partial charge in [-0.3, -0.25) is 4.98 Å². The number of hydrogen-bond donors (Lipinski definition) is 1. The van der Waals surface area contributed by atoms with E-state index in [4.69, 9.17) is 10.5 Å². The highest BCUT2D eigenvalue weighted by Gasteiger charge is 2.08. The molecule has 0 unspecified atom stereocenters. The van der Waals surface area contributed by atoms with Crippen molar-refractivity contribution in [2.75, 3.05) is 13.2 Å². The molecule has 0 spiro atoms. The lowest BCUT2D eigenvalue weighted by Crippen LogP contribution is -2.08. The number of benzene rings is 1. The van der Waals surface area contributed by atoms with E-state index in [1.54, 1.807) is 12.4 Å². The van der Waals surface area contributed by atoms with Crippen LogP contribution in [-0.2, 0) is 12.8 Å². The maximum atomic E-state index is 5.98. The molecule has 0 atom stereocenters. The van der Waals surface area contributed by atoms with Crippen LogP contribution in [0.25, 0.3) is 0 Å². The average Bonchev–Trinajstić information content (AvgIpc) is 2.43. The normalized spacial score (nSPS) is 10.6. The van der Waals surface area contributed by atoms with Crippen molar-refractivity contribution in [3.63, 3.8) is 0 Å². The third kappa shape index (κ3) is 4.05. The molecule has 0 aliphatic carbocycles. The molecule has 1 aromatic carbocycles. The zero-order chi connectivity index (χ0) is 14.4. The molecule has 20 heavy (non-hydrogen) atoms. The minimum absolute atomic E-state index is 0.622. The van der Waals surface area contributed by atoms with Gasteiger partial charge in [0.15, 0.2) is 0 Å². The Morgan fingerprint density at radius 1 is 1.20 bits per heavy atom. The number of nitrogens with zero attached hydrogens (tertiary/aromatic N) is 1. The van der Waals surface area contributed by atoms with E-state index in [-0.39, 0.29) is 0 Å². The summed E-state index contributed by atoms with van der Waals surface area (Å²) < 4.78 is 7.05. The molecule has 2 N–H and O–H groups in total. The summed E-state index contributed by atoms with van der Waals surface area (Å²) in [6.45, 7) is 3.34. The maximum absolute atomic E-state index is 5.98. The highest BCUT2D eigenvalue weighted by Crippen LogP contribution is 2.28. The summed E-state index contributed by atoms with van der Waals surface area (Å²) in [6.07, 6.45) is 5.31. The van der Waals surface area contributed by atoms with Gasteiger partial charge in [0.2, 0.25) is 0 Å². The summed E-state index contributed by atoms with van der Waals surface area (Å²) in [6, 6.07) is 8.18. The summed E-state index contributed by atoms with van der Waals surface area (Å²) in [7, 11) is 0. The van der Waals surface area contributed by atoms with Crippen LogP contribution < -0.4 is 10.5 Å². The maximum Gasteiger partial charge on any atom is 0.125 e. The highest BCUT2D eigenvalue weighted by atomic mass is 79.9. The molecule has 0 aliphatic rings. The van der Waals surface area contributed by atoms with Gasteiger partial charge >= 0.3 is 0 Å². The number of nitrogens with two attached hydrogens (primary N) is 1. The van der Waals surface area contributed by atoms with E-state index in [1.165, 1.54) is 5.56 Å². The van der Waals surface area contributed by atoms with Crippen molar-refractivity contribution in [3.8, 4) is 5.75 Å². The van der Waals surface area contributed by atoms with E-state index in [1.807, 2.05) is 12.1 Å². The van der Waals surface area contributed by atoms with E-state index < -0.39 is 0 Å². The first-order valence-corrected chi connectivity index (χ1v) is 7.51. The molecule has 0 aliphatic heterocycles. The molecular formula is C16H19BrN2O. The van der Waals surface area contributed by atoms with Gasteiger partial charge in [0, 0.05) is 23.3 Å². The number of aryl methyl sites for hydroxylation is 1. The van der Waals surface area contributed by atoms with Gasteiger partial charge in [-0.25, -0.2) is 0 Å². The lowest BCUT2D eigenvalue weighted by molar-refractivity contribution is 0.316. The predicted molar refractivity (Wildman–Crippen MR) is 85.1 cm³/mol. The number of hydrogen-bond acceptors (Lipinski definition) is 3. The first-order valence-electron chi connectivity index (χ1n) is 6.71. The average molecular weight is 335 g/mol. The van der Waals surface area contributed by atoms with Gasteiger partial charge in [-0.05, 0) is 60.8 Å². The second kappa shape index (κ2) is 7.41. The summed E-state index contributed by atoms with van der Waals surface area (Å²) in [5, 5.41) is 0. The number of halogens is 1. The van der Waals surface area contributed by atoms with Crippen LogP contribution in [0.5, 0.6) is 5.75 Å². The molecule has 1 heterocycles. The van der Waals surface area contributed by atoms with Crippen LogP contribution in [0.4, 0.5) is 0 Å². The Bertz CT molecular complexity index is 558. The fraction of sp³-hybridized carbons (Fsp3) is 0.312. The minimum Gasteiger partial charge on any atom is -0.493 e. The van der Waals surface area contributed by atoms with E-state index in [0.29, 0.717) is 13.2 Å². The zero-order valence-electron chi connectivity index (χ0n) is 11.6. The van der Waals surface area contributed by atoms with E-state index in [0.717, 1.165) is 34.2 Å². The Labute approximate surface area is 128 Å². The van der Waals surface area contributed by atoms with Crippen molar-refractivity contribution in [1.82, 2.24) is 4.98 Å². The lowest BCUT2D eigenvalue weighted by Gasteiger charge is -2.14. The van der Waals surface area contributed by atoms with Crippen LogP contribution in [0.15, 0.2) is 41.1 Å². The van der Waals surface area contributed by atoms with Crippen molar-refractivity contribution in [1.29, 1.82) is 0 Å². The van der Waals surface area contributed by atoms with Gasteiger partial charge < -0.3 is 10.5 Å². The SMILES string of the molecule is Cc1cc(Br)cc(CCN)c1OCCc1ccncc1. The third-order valence-corrected chi connectivity index (χ3v) is 3.57. The fourth-order valence-electron chi connectivity index (χ4n) is 2.17. The highest BCUT2D eigenvalue weighted by molar-refractivity contribution is 9.10. The van der Waals surface area contributed by atoms with Crippen LogP contribution in [0.1, 0.15) is 16.7 Å². The van der Waals surface area contributed by atoms with Gasteiger partial charge in [0.05, 0.1) is 6.61 Å². The smallest absolute Gasteiger partial charge is 0.125 e. The standard InChI is InChI=1S/C16H19BrN2O/c1-12-10-15(17)11-14(2-6-18)16(12)20-9-5-13-3-7-19-8-4-13/h3-4,7-8,10-11H,2,5-6,9,18H2,1H3. The number of aromatic nitrogens is 1. The Morgan fingerprint density at radius 3 is 2.65 bits per heavy atom.